The molecule has 1 aliphatic heterocycles. The summed E-state index contributed by atoms with van der Waals surface area (Å²) in [6, 6.07) is 7.04. The summed E-state index contributed by atoms with van der Waals surface area (Å²) in [4.78, 5) is 25.5. The zero-order valence-electron chi connectivity index (χ0n) is 10.9. The minimum Gasteiger partial charge on any atom is -0.462 e. The highest BCUT2D eigenvalue weighted by Gasteiger charge is 2.35. The number of ether oxygens (including phenoxy) is 1. The molecule has 2 rings (SSSR count). The molecular formula is C14H11BrN2O3. The van der Waals surface area contributed by atoms with E-state index >= 15 is 0 Å². The fourth-order valence-electron chi connectivity index (χ4n) is 2.04. The lowest BCUT2D eigenvalue weighted by atomic mass is 10.0. The molecule has 0 N–H and O–H groups in total. The van der Waals surface area contributed by atoms with Crippen LogP contribution in [0.15, 0.2) is 28.2 Å². The summed E-state index contributed by atoms with van der Waals surface area (Å²) >= 11 is 3.32. The first-order chi connectivity index (χ1) is 9.51. The lowest BCUT2D eigenvalue weighted by molar-refractivity contribution is -0.138. The topological polar surface area (TPSA) is 70.4 Å². The minimum atomic E-state index is -0.778. The number of benzene rings is 1. The third-order valence-electron chi connectivity index (χ3n) is 2.95. The van der Waals surface area contributed by atoms with E-state index in [2.05, 4.69) is 15.9 Å². The molecule has 0 unspecified atom stereocenters. The van der Waals surface area contributed by atoms with Gasteiger partial charge in [-0.2, -0.15) is 5.26 Å². The van der Waals surface area contributed by atoms with Crippen LogP contribution in [-0.4, -0.2) is 25.5 Å². The molecule has 0 saturated carbocycles. The van der Waals surface area contributed by atoms with Gasteiger partial charge in [0.15, 0.2) is 5.57 Å². The predicted octanol–water partition coefficient (Wildman–Crippen LogP) is 2.27. The van der Waals surface area contributed by atoms with Gasteiger partial charge in [0.1, 0.15) is 6.07 Å². The second kappa shape index (κ2) is 5.47. The van der Waals surface area contributed by atoms with Crippen molar-refractivity contribution in [2.24, 2.45) is 0 Å². The lowest BCUT2D eigenvalue weighted by Crippen LogP contribution is -2.22. The van der Waals surface area contributed by atoms with Crippen LogP contribution in [0, 0.1) is 11.3 Å². The Kier molecular flexibility index (Phi) is 3.91. The molecule has 0 fully saturated rings. The Balaban J connectivity index is 2.69. The largest absolute Gasteiger partial charge is 0.462 e. The van der Waals surface area contributed by atoms with E-state index in [0.29, 0.717) is 11.3 Å². The maximum Gasteiger partial charge on any atom is 0.349 e. The van der Waals surface area contributed by atoms with Crippen molar-refractivity contribution in [1.82, 2.24) is 0 Å². The molecule has 1 aromatic rings. The Morgan fingerprint density at radius 2 is 2.20 bits per heavy atom. The second-order valence-electron chi connectivity index (χ2n) is 4.11. The molecule has 102 valence electrons. The third kappa shape index (κ3) is 2.21. The van der Waals surface area contributed by atoms with Crippen LogP contribution in [0.25, 0.3) is 5.57 Å². The van der Waals surface area contributed by atoms with Crippen LogP contribution in [0.5, 0.6) is 0 Å². The number of nitrogens with zero attached hydrogens (tertiary/aromatic N) is 2. The van der Waals surface area contributed by atoms with E-state index in [-0.39, 0.29) is 23.7 Å². The van der Waals surface area contributed by atoms with Crippen molar-refractivity contribution in [2.45, 2.75) is 6.92 Å². The molecular weight excluding hydrogens is 324 g/mol. The van der Waals surface area contributed by atoms with Gasteiger partial charge in [-0.25, -0.2) is 4.79 Å². The van der Waals surface area contributed by atoms with Gasteiger partial charge in [0.2, 0.25) is 0 Å². The third-order valence-corrected chi connectivity index (χ3v) is 3.44. The number of rotatable bonds is 2. The van der Waals surface area contributed by atoms with E-state index in [4.69, 9.17) is 4.74 Å². The highest BCUT2D eigenvalue weighted by atomic mass is 79.9. The Bertz CT molecular complexity index is 673. The Labute approximate surface area is 124 Å². The zero-order valence-corrected chi connectivity index (χ0v) is 12.5. The zero-order chi connectivity index (χ0) is 14.9. The molecule has 1 heterocycles. The number of carbonyl (C=O) groups excluding carboxylic acids is 2. The predicted molar refractivity (Wildman–Crippen MR) is 76.7 cm³/mol. The van der Waals surface area contributed by atoms with Crippen molar-refractivity contribution in [3.63, 3.8) is 0 Å². The number of hydrogen-bond acceptors (Lipinski definition) is 4. The smallest absolute Gasteiger partial charge is 0.349 e. The van der Waals surface area contributed by atoms with Crippen LogP contribution < -0.4 is 4.90 Å². The van der Waals surface area contributed by atoms with Crippen molar-refractivity contribution >= 4 is 39.1 Å². The van der Waals surface area contributed by atoms with Gasteiger partial charge >= 0.3 is 5.97 Å². The van der Waals surface area contributed by atoms with E-state index in [1.54, 1.807) is 38.2 Å². The van der Waals surface area contributed by atoms with Crippen molar-refractivity contribution in [2.75, 3.05) is 18.6 Å². The minimum absolute atomic E-state index is 0.0877. The van der Waals surface area contributed by atoms with Crippen molar-refractivity contribution in [3.8, 4) is 6.07 Å². The molecule has 0 aromatic heterocycles. The summed E-state index contributed by atoms with van der Waals surface area (Å²) in [5, 5.41) is 9.19. The first-order valence-corrected chi connectivity index (χ1v) is 6.70. The normalized spacial score (nSPS) is 15.7. The molecule has 0 radical (unpaired) electrons. The second-order valence-corrected chi connectivity index (χ2v) is 5.02. The standard InChI is InChI=1S/C14H11BrN2O3/c1-3-20-14(19)10(7-16)12-9-6-8(15)4-5-11(9)17(2)13(12)18/h4-6H,3H2,1-2H3/b12-10-. The Morgan fingerprint density at radius 3 is 2.80 bits per heavy atom. The van der Waals surface area contributed by atoms with Crippen LogP contribution in [0.1, 0.15) is 12.5 Å². The van der Waals surface area contributed by atoms with Gasteiger partial charge in [0.05, 0.1) is 17.9 Å². The highest BCUT2D eigenvalue weighted by molar-refractivity contribution is 9.10. The summed E-state index contributed by atoms with van der Waals surface area (Å²) in [5.74, 6) is -1.16. The molecule has 0 bridgehead atoms. The molecule has 6 heteroatoms. The van der Waals surface area contributed by atoms with Crippen molar-refractivity contribution in [1.29, 1.82) is 5.26 Å². The average Bonchev–Trinajstić information content (AvgIpc) is 2.65. The van der Waals surface area contributed by atoms with E-state index < -0.39 is 5.97 Å². The highest BCUT2D eigenvalue weighted by Crippen LogP contribution is 2.39. The van der Waals surface area contributed by atoms with Crippen LogP contribution in [0.3, 0.4) is 0 Å². The van der Waals surface area contributed by atoms with Gasteiger partial charge < -0.3 is 9.64 Å². The first kappa shape index (κ1) is 14.3. The summed E-state index contributed by atoms with van der Waals surface area (Å²) in [5.41, 5.74) is 1.03. The SMILES string of the molecule is CCOC(=O)/C(C#N)=C1\C(=O)N(C)c2ccc(Br)cc21. The number of esters is 1. The summed E-state index contributed by atoms with van der Waals surface area (Å²) in [7, 11) is 1.60. The van der Waals surface area contributed by atoms with Gasteiger partial charge in [0, 0.05) is 17.1 Å². The fraction of sp³-hybridized carbons (Fsp3) is 0.214. The molecule has 1 amide bonds. The number of anilines is 1. The van der Waals surface area contributed by atoms with Crippen LogP contribution >= 0.6 is 15.9 Å². The summed E-state index contributed by atoms with van der Waals surface area (Å²) in [6.45, 7) is 1.79. The number of nitriles is 1. The van der Waals surface area contributed by atoms with Crippen LogP contribution in [0.2, 0.25) is 0 Å². The maximum absolute atomic E-state index is 12.3. The van der Waals surface area contributed by atoms with Gasteiger partial charge in [-0.1, -0.05) is 15.9 Å². The number of carbonyl (C=O) groups is 2. The first-order valence-electron chi connectivity index (χ1n) is 5.90. The molecule has 1 aliphatic rings. The van der Waals surface area contributed by atoms with E-state index in [9.17, 15) is 14.9 Å². The number of amides is 1. The molecule has 0 saturated heterocycles. The van der Waals surface area contributed by atoms with E-state index in [1.165, 1.54) is 4.90 Å². The van der Waals surface area contributed by atoms with E-state index in [1.807, 2.05) is 0 Å². The molecule has 0 atom stereocenters. The van der Waals surface area contributed by atoms with Crippen LogP contribution in [-0.2, 0) is 14.3 Å². The van der Waals surface area contributed by atoms with Gasteiger partial charge in [-0.15, -0.1) is 0 Å². The van der Waals surface area contributed by atoms with E-state index in [0.717, 1.165) is 4.47 Å². The van der Waals surface area contributed by atoms with Gasteiger partial charge in [-0.05, 0) is 25.1 Å². The van der Waals surface area contributed by atoms with Crippen LogP contribution in [0.4, 0.5) is 5.69 Å². The maximum atomic E-state index is 12.3. The molecule has 20 heavy (non-hydrogen) atoms. The Morgan fingerprint density at radius 1 is 1.50 bits per heavy atom. The summed E-state index contributed by atoms with van der Waals surface area (Å²) in [6.07, 6.45) is 0. The van der Waals surface area contributed by atoms with Gasteiger partial charge in [-0.3, -0.25) is 4.79 Å². The van der Waals surface area contributed by atoms with Crippen molar-refractivity contribution < 1.29 is 14.3 Å². The van der Waals surface area contributed by atoms with Gasteiger partial charge in [0.25, 0.3) is 5.91 Å². The molecule has 0 spiro atoms. The number of fused-ring (bicyclic) bond motifs is 1. The number of hydrogen-bond donors (Lipinski definition) is 0. The Hall–Kier alpha value is -2.13. The van der Waals surface area contributed by atoms with Crippen molar-refractivity contribution in [3.05, 3.63) is 33.8 Å². The monoisotopic (exact) mass is 334 g/mol. The summed E-state index contributed by atoms with van der Waals surface area (Å²) < 4.78 is 5.60. The molecule has 1 aromatic carbocycles. The molecule has 5 nitrogen and oxygen atoms in total. The quantitative estimate of drug-likeness (QED) is 0.472. The number of likely N-dealkylation sites (N-methyl/N-ethyl adjacent to an activating group) is 1. The fourth-order valence-corrected chi connectivity index (χ4v) is 2.40. The average molecular weight is 335 g/mol. The number of halogens is 1. The lowest BCUT2D eigenvalue weighted by Gasteiger charge is -2.08. The molecule has 0 aliphatic carbocycles.